The minimum absolute atomic E-state index is 0.00833. The number of aliphatic hydroxyl groups is 2. The fourth-order valence-corrected chi connectivity index (χ4v) is 8.13. The molecule has 13 heteroatoms. The average molecular weight is 909 g/mol. The van der Waals surface area contributed by atoms with Crippen LogP contribution < -0.4 is 0 Å². The third-order valence-corrected chi connectivity index (χ3v) is 12.1. The summed E-state index contributed by atoms with van der Waals surface area (Å²) < 4.78 is 38.0. The number of ether oxygens (including phenoxy) is 3. The Morgan fingerprint density at radius 3 is 1.89 bits per heavy atom. The van der Waals surface area contributed by atoms with Gasteiger partial charge in [0.1, 0.15) is 12.7 Å². The molecule has 0 saturated heterocycles. The fourth-order valence-electron chi connectivity index (χ4n) is 7.34. The molecule has 1 aliphatic carbocycles. The number of rotatable bonds is 37. The maximum absolute atomic E-state index is 12.7. The molecule has 362 valence electrons. The lowest BCUT2D eigenvalue weighted by Crippen LogP contribution is -2.29. The number of esters is 3. The zero-order valence-electron chi connectivity index (χ0n) is 39.9. The second-order valence-electron chi connectivity index (χ2n) is 17.8. The van der Waals surface area contributed by atoms with Gasteiger partial charge in [-0.3, -0.25) is 18.6 Å². The first kappa shape index (κ1) is 58.2. The molecule has 0 radical (unpaired) electrons. The molecule has 0 saturated carbocycles. The standard InChI is InChI=1S/C50H85O12P/c1-7-8-9-10-11-12-13-14-15-16-17-18-19-20-22-30-47(53)59-39-45(40-61-63(56,57)60-38-44(52)37-51)62-48(54)31-23-21-24-35-58-49(55)36-42(3)28-25-27-41(2)32-33-46-43(4)29-26-34-50(46,5)6/h25,27-28,32-33,36,44-45,51-52H,7-24,26,29-31,34-35,37-40H2,1-6H3,(H,56,57)/b28-25+,33-32+,41-27+,42-36+/t44-,45+/m0/s1. The first-order valence-corrected chi connectivity index (χ1v) is 25.4. The number of phosphoric ester groups is 1. The molecule has 0 bridgehead atoms. The summed E-state index contributed by atoms with van der Waals surface area (Å²) in [5.41, 5.74) is 4.92. The van der Waals surface area contributed by atoms with E-state index in [0.717, 1.165) is 36.8 Å². The van der Waals surface area contributed by atoms with Crippen molar-refractivity contribution in [1.82, 2.24) is 0 Å². The van der Waals surface area contributed by atoms with Crippen LogP contribution in [0.3, 0.4) is 0 Å². The molecular formula is C50H85O12P. The van der Waals surface area contributed by atoms with Gasteiger partial charge in [-0.1, -0.05) is 152 Å². The van der Waals surface area contributed by atoms with Gasteiger partial charge in [-0.25, -0.2) is 9.36 Å². The van der Waals surface area contributed by atoms with Gasteiger partial charge < -0.3 is 29.3 Å². The smallest absolute Gasteiger partial charge is 0.463 e. The van der Waals surface area contributed by atoms with Gasteiger partial charge in [0.05, 0.1) is 26.4 Å². The van der Waals surface area contributed by atoms with Gasteiger partial charge in [0.15, 0.2) is 6.10 Å². The van der Waals surface area contributed by atoms with E-state index in [4.69, 9.17) is 23.8 Å². The van der Waals surface area contributed by atoms with E-state index in [1.54, 1.807) is 0 Å². The van der Waals surface area contributed by atoms with Crippen LogP contribution in [0.1, 0.15) is 189 Å². The molecule has 0 aliphatic heterocycles. The van der Waals surface area contributed by atoms with Crippen molar-refractivity contribution in [2.45, 2.75) is 201 Å². The van der Waals surface area contributed by atoms with Crippen LogP contribution in [-0.2, 0) is 42.2 Å². The SMILES string of the molecule is CCCCCCCCCCCCCCCCCC(=O)OC[C@H](COP(=O)(O)OC[C@@H](O)CO)OC(=O)CCCCCOC(=O)/C=C(C)/C=C/C=C(C)/C=C/C1=C(C)CCCC1(C)C. The Morgan fingerprint density at radius 1 is 0.746 bits per heavy atom. The summed E-state index contributed by atoms with van der Waals surface area (Å²) in [5.74, 6) is -1.55. The predicted molar refractivity (Wildman–Crippen MR) is 251 cm³/mol. The summed E-state index contributed by atoms with van der Waals surface area (Å²) in [6.45, 7) is 10.8. The predicted octanol–water partition coefficient (Wildman–Crippen LogP) is 11.8. The van der Waals surface area contributed by atoms with Crippen molar-refractivity contribution >= 4 is 25.7 Å². The Morgan fingerprint density at radius 2 is 1.30 bits per heavy atom. The zero-order valence-corrected chi connectivity index (χ0v) is 40.8. The highest BCUT2D eigenvalue weighted by molar-refractivity contribution is 7.47. The molecule has 1 aliphatic rings. The van der Waals surface area contributed by atoms with Gasteiger partial charge in [0.25, 0.3) is 0 Å². The van der Waals surface area contributed by atoms with Crippen molar-refractivity contribution in [3.63, 3.8) is 0 Å². The summed E-state index contributed by atoms with van der Waals surface area (Å²) in [4.78, 5) is 47.5. The molecular weight excluding hydrogens is 824 g/mol. The van der Waals surface area contributed by atoms with E-state index in [9.17, 15) is 28.9 Å². The molecule has 3 atom stereocenters. The fraction of sp³-hybridized carbons (Fsp3) is 0.740. The van der Waals surface area contributed by atoms with Crippen molar-refractivity contribution in [1.29, 1.82) is 0 Å². The molecule has 1 unspecified atom stereocenters. The van der Waals surface area contributed by atoms with Crippen LogP contribution >= 0.6 is 7.82 Å². The van der Waals surface area contributed by atoms with Crippen LogP contribution in [-0.4, -0.2) is 78.3 Å². The second-order valence-corrected chi connectivity index (χ2v) is 19.2. The number of aliphatic hydroxyl groups excluding tert-OH is 2. The van der Waals surface area contributed by atoms with E-state index >= 15 is 0 Å². The van der Waals surface area contributed by atoms with E-state index in [-0.39, 0.29) is 31.5 Å². The molecule has 3 N–H and O–H groups in total. The Hall–Kier alpha value is -2.86. The van der Waals surface area contributed by atoms with Crippen molar-refractivity contribution < 1.29 is 57.3 Å². The Bertz CT molecular complexity index is 1490. The van der Waals surface area contributed by atoms with Crippen molar-refractivity contribution in [3.8, 4) is 0 Å². The molecule has 0 heterocycles. The van der Waals surface area contributed by atoms with Crippen molar-refractivity contribution in [2.24, 2.45) is 5.41 Å². The molecule has 0 amide bonds. The number of allylic oxidation sites excluding steroid dienone is 9. The monoisotopic (exact) mass is 909 g/mol. The minimum Gasteiger partial charge on any atom is -0.463 e. The van der Waals surface area contributed by atoms with Gasteiger partial charge >= 0.3 is 25.7 Å². The number of hydrogen-bond acceptors (Lipinski definition) is 11. The summed E-state index contributed by atoms with van der Waals surface area (Å²) in [5, 5.41) is 18.4. The van der Waals surface area contributed by atoms with Gasteiger partial charge in [-0.05, 0) is 82.3 Å². The first-order chi connectivity index (χ1) is 30.1. The van der Waals surface area contributed by atoms with E-state index in [1.165, 1.54) is 101 Å². The molecule has 12 nitrogen and oxygen atoms in total. The third kappa shape index (κ3) is 31.6. The summed E-state index contributed by atoms with van der Waals surface area (Å²) in [6.07, 6.45) is 32.5. The van der Waals surface area contributed by atoms with Crippen LogP contribution in [0.25, 0.3) is 0 Å². The average Bonchev–Trinajstić information content (AvgIpc) is 3.23. The third-order valence-electron chi connectivity index (χ3n) is 11.2. The first-order valence-electron chi connectivity index (χ1n) is 23.9. The van der Waals surface area contributed by atoms with Crippen LogP contribution in [0.4, 0.5) is 0 Å². The lowest BCUT2D eigenvalue weighted by Gasteiger charge is -2.32. The molecule has 0 fully saturated rings. The van der Waals surface area contributed by atoms with Gasteiger partial charge in [-0.15, -0.1) is 0 Å². The molecule has 0 spiro atoms. The quantitative estimate of drug-likeness (QED) is 0.0135. The summed E-state index contributed by atoms with van der Waals surface area (Å²) in [6, 6.07) is 0. The topological polar surface area (TPSA) is 175 Å². The molecule has 0 aromatic heterocycles. The van der Waals surface area contributed by atoms with E-state index in [0.29, 0.717) is 25.7 Å². The van der Waals surface area contributed by atoms with Gasteiger partial charge in [-0.2, -0.15) is 0 Å². The summed E-state index contributed by atoms with van der Waals surface area (Å²) >= 11 is 0. The van der Waals surface area contributed by atoms with E-state index in [1.807, 2.05) is 32.1 Å². The lowest BCUT2D eigenvalue weighted by molar-refractivity contribution is -0.161. The van der Waals surface area contributed by atoms with Crippen LogP contribution in [0.5, 0.6) is 0 Å². The zero-order chi connectivity index (χ0) is 46.8. The summed E-state index contributed by atoms with van der Waals surface area (Å²) in [7, 11) is -4.68. The van der Waals surface area contributed by atoms with Crippen molar-refractivity contribution in [2.75, 3.05) is 33.0 Å². The lowest BCUT2D eigenvalue weighted by atomic mass is 9.72. The largest absolute Gasteiger partial charge is 0.472 e. The molecule has 0 aromatic rings. The maximum Gasteiger partial charge on any atom is 0.472 e. The number of carbonyl (C=O) groups excluding carboxylic acids is 3. The van der Waals surface area contributed by atoms with E-state index in [2.05, 4.69) is 44.4 Å². The van der Waals surface area contributed by atoms with Gasteiger partial charge in [0, 0.05) is 18.9 Å². The maximum atomic E-state index is 12.7. The molecule has 1 rings (SSSR count). The number of hydrogen-bond donors (Lipinski definition) is 3. The van der Waals surface area contributed by atoms with Crippen LogP contribution in [0.2, 0.25) is 0 Å². The normalized spacial score (nSPS) is 16.7. The minimum atomic E-state index is -4.68. The Balaban J connectivity index is 2.42. The van der Waals surface area contributed by atoms with E-state index < -0.39 is 57.8 Å². The molecule has 0 aromatic carbocycles. The highest BCUT2D eigenvalue weighted by Gasteiger charge is 2.28. The molecule has 63 heavy (non-hydrogen) atoms. The number of unbranched alkanes of at least 4 members (excludes halogenated alkanes) is 16. The van der Waals surface area contributed by atoms with Crippen LogP contribution in [0.15, 0.2) is 58.7 Å². The second kappa shape index (κ2) is 35.4. The Labute approximate surface area is 380 Å². The number of phosphoric acid groups is 1. The number of carbonyl (C=O) groups is 3. The Kier molecular flexibility index (Phi) is 32.7. The highest BCUT2D eigenvalue weighted by Crippen LogP contribution is 2.43. The highest BCUT2D eigenvalue weighted by atomic mass is 31.2. The van der Waals surface area contributed by atoms with Gasteiger partial charge in [0.2, 0.25) is 0 Å². The van der Waals surface area contributed by atoms with Crippen molar-refractivity contribution in [3.05, 3.63) is 58.7 Å². The van der Waals surface area contributed by atoms with Crippen LogP contribution in [0, 0.1) is 5.41 Å².